The van der Waals surface area contributed by atoms with Gasteiger partial charge in [-0.25, -0.2) is 0 Å². The Morgan fingerprint density at radius 2 is 2.06 bits per heavy atom. The summed E-state index contributed by atoms with van der Waals surface area (Å²) >= 11 is 0. The average Bonchev–Trinajstić information content (AvgIpc) is 3.14. The molecule has 5 aliphatic heterocycles. The molecule has 0 radical (unpaired) electrons. The van der Waals surface area contributed by atoms with Gasteiger partial charge in [-0.3, -0.25) is 9.59 Å². The molecule has 5 bridgehead atoms. The Morgan fingerprint density at radius 3 is 2.74 bits per heavy atom. The summed E-state index contributed by atoms with van der Waals surface area (Å²) in [6.07, 6.45) is 2.39. The third kappa shape index (κ3) is 1.79. The van der Waals surface area contributed by atoms with Crippen molar-refractivity contribution in [3.63, 3.8) is 0 Å². The lowest BCUT2D eigenvalue weighted by Gasteiger charge is -2.69. The van der Waals surface area contributed by atoms with Crippen LogP contribution in [-0.2, 0) is 24.5 Å². The van der Waals surface area contributed by atoms with Gasteiger partial charge in [0.2, 0.25) is 0 Å². The number of allylic oxidation sites excluding steroid dienone is 1. The van der Waals surface area contributed by atoms with Crippen LogP contribution in [0.25, 0.3) is 0 Å². The first-order valence-corrected chi connectivity index (χ1v) is 11.1. The van der Waals surface area contributed by atoms with Crippen molar-refractivity contribution < 1.29 is 23.7 Å². The molecule has 7 heteroatoms. The normalized spacial score (nSPS) is 46.8. The number of rotatable bonds is 2. The Hall–Kier alpha value is -2.38. The number of hydroxylamine groups is 3. The first kappa shape index (κ1) is 19.3. The van der Waals surface area contributed by atoms with Crippen LogP contribution in [-0.4, -0.2) is 61.5 Å². The van der Waals surface area contributed by atoms with Gasteiger partial charge in [0.1, 0.15) is 24.7 Å². The van der Waals surface area contributed by atoms with Gasteiger partial charge in [-0.1, -0.05) is 24.3 Å². The van der Waals surface area contributed by atoms with E-state index in [1.54, 1.807) is 0 Å². The van der Waals surface area contributed by atoms with Crippen molar-refractivity contribution in [1.29, 1.82) is 0 Å². The zero-order valence-corrected chi connectivity index (χ0v) is 18.3. The third-order valence-electron chi connectivity index (χ3n) is 9.29. The zero-order chi connectivity index (χ0) is 21.9. The van der Waals surface area contributed by atoms with Crippen molar-refractivity contribution in [3.8, 4) is 0 Å². The SMILES string of the molecule is CC=C1C[N+]2([O-])[C@H]3C[C@@H]1[C@]1(C(=O)OC)C(OC(C)=O)[C@]4(C[C@@H]12)c1ccccc1N(C)[C@@H]34. The van der Waals surface area contributed by atoms with Crippen molar-refractivity contribution in [3.05, 3.63) is 46.7 Å². The summed E-state index contributed by atoms with van der Waals surface area (Å²) in [4.78, 5) is 28.4. The van der Waals surface area contributed by atoms with Crippen molar-refractivity contribution in [2.45, 2.75) is 56.3 Å². The minimum Gasteiger partial charge on any atom is -0.632 e. The van der Waals surface area contributed by atoms with E-state index in [1.807, 2.05) is 32.2 Å². The molecule has 1 aromatic rings. The summed E-state index contributed by atoms with van der Waals surface area (Å²) in [6, 6.07) is 7.37. The number of piperidine rings is 4. The van der Waals surface area contributed by atoms with Gasteiger partial charge in [-0.15, -0.1) is 0 Å². The predicted molar refractivity (Wildman–Crippen MR) is 113 cm³/mol. The number of carbonyl (C=O) groups excluding carboxylic acids is 2. The molecule has 164 valence electrons. The van der Waals surface area contributed by atoms with E-state index in [4.69, 9.17) is 9.47 Å². The minimum atomic E-state index is -1.16. The fourth-order valence-corrected chi connectivity index (χ4v) is 8.60. The molecule has 7 rings (SSSR count). The molecule has 7 nitrogen and oxygen atoms in total. The van der Waals surface area contributed by atoms with Crippen molar-refractivity contribution in [2.24, 2.45) is 11.3 Å². The number of hydrogen-bond donors (Lipinski definition) is 0. The van der Waals surface area contributed by atoms with Crippen molar-refractivity contribution >= 4 is 17.6 Å². The number of anilines is 1. The lowest BCUT2D eigenvalue weighted by molar-refractivity contribution is -0.950. The molecule has 2 unspecified atom stereocenters. The van der Waals surface area contributed by atoms with Gasteiger partial charge in [0.15, 0.2) is 5.41 Å². The molecular formula is C24H28N2O5. The largest absolute Gasteiger partial charge is 0.632 e. The second-order valence-electron chi connectivity index (χ2n) is 9.98. The molecule has 6 aliphatic rings. The molecular weight excluding hydrogens is 396 g/mol. The number of esters is 2. The molecule has 5 fully saturated rings. The van der Waals surface area contributed by atoms with Crippen LogP contribution in [0.1, 0.15) is 32.3 Å². The van der Waals surface area contributed by atoms with Gasteiger partial charge >= 0.3 is 11.9 Å². The number of methoxy groups -OCH3 is 1. The summed E-state index contributed by atoms with van der Waals surface area (Å²) in [5.74, 6) is -0.979. The van der Waals surface area contributed by atoms with Gasteiger partial charge in [-0.2, -0.15) is 0 Å². The third-order valence-corrected chi connectivity index (χ3v) is 9.29. The van der Waals surface area contributed by atoms with E-state index in [0.717, 1.165) is 16.8 Å². The molecule has 0 N–H and O–H groups in total. The fraction of sp³-hybridized carbons (Fsp3) is 0.583. The number of carbonyl (C=O) groups is 2. The number of nitrogens with zero attached hydrogens (tertiary/aromatic N) is 2. The predicted octanol–water partition coefficient (Wildman–Crippen LogP) is 2.28. The lowest BCUT2D eigenvalue weighted by atomic mass is 9.58. The second kappa shape index (κ2) is 5.70. The van der Waals surface area contributed by atoms with Crippen LogP contribution < -0.4 is 4.90 Å². The quantitative estimate of drug-likeness (QED) is 0.314. The number of hydrogen-bond acceptors (Lipinski definition) is 6. The summed E-state index contributed by atoms with van der Waals surface area (Å²) < 4.78 is 11.1. The number of likely N-dealkylation sites (N-methyl/N-ethyl adjacent to an activating group) is 1. The highest BCUT2D eigenvalue weighted by Gasteiger charge is 2.88. The van der Waals surface area contributed by atoms with E-state index >= 15 is 0 Å². The van der Waals surface area contributed by atoms with Crippen molar-refractivity contribution in [1.82, 2.24) is 0 Å². The van der Waals surface area contributed by atoms with Crippen LogP contribution in [0, 0.1) is 16.5 Å². The highest BCUT2D eigenvalue weighted by Crippen LogP contribution is 2.75. The molecule has 4 saturated heterocycles. The fourth-order valence-electron chi connectivity index (χ4n) is 8.60. The molecule has 5 heterocycles. The molecule has 1 aromatic carbocycles. The van der Waals surface area contributed by atoms with E-state index in [-0.39, 0.29) is 18.0 Å². The highest BCUT2D eigenvalue weighted by molar-refractivity contribution is 5.84. The molecule has 1 aliphatic carbocycles. The smallest absolute Gasteiger partial charge is 0.322 e. The summed E-state index contributed by atoms with van der Waals surface area (Å²) in [5, 5.41) is 14.7. The Kier molecular flexibility index (Phi) is 3.55. The van der Waals surface area contributed by atoms with Crippen LogP contribution in [0.15, 0.2) is 35.9 Å². The van der Waals surface area contributed by atoms with Gasteiger partial charge in [0.05, 0.1) is 18.6 Å². The maximum atomic E-state index is 14.7. The second-order valence-corrected chi connectivity index (χ2v) is 9.98. The Balaban J connectivity index is 1.72. The van der Waals surface area contributed by atoms with E-state index in [0.29, 0.717) is 19.4 Å². The number of para-hydroxylation sites is 1. The zero-order valence-electron chi connectivity index (χ0n) is 18.3. The summed E-state index contributed by atoms with van der Waals surface area (Å²) in [6.45, 7) is 3.73. The molecule has 0 amide bonds. The van der Waals surface area contributed by atoms with Gasteiger partial charge in [-0.05, 0) is 24.1 Å². The molecule has 31 heavy (non-hydrogen) atoms. The van der Waals surface area contributed by atoms with E-state index in [9.17, 15) is 14.8 Å². The molecule has 1 spiro atoms. The molecule has 1 saturated carbocycles. The number of fused-ring (bicyclic) bond motifs is 2. The van der Waals surface area contributed by atoms with Gasteiger partial charge in [0.25, 0.3) is 0 Å². The van der Waals surface area contributed by atoms with E-state index < -0.39 is 39.6 Å². The Bertz CT molecular complexity index is 1050. The molecule has 8 atom stereocenters. The maximum absolute atomic E-state index is 14.7. The monoisotopic (exact) mass is 424 g/mol. The van der Waals surface area contributed by atoms with Crippen molar-refractivity contribution in [2.75, 3.05) is 25.6 Å². The summed E-state index contributed by atoms with van der Waals surface area (Å²) in [5.41, 5.74) is 1.40. The molecule has 0 aromatic heterocycles. The lowest BCUT2D eigenvalue weighted by Crippen LogP contribution is -2.79. The topological polar surface area (TPSA) is 78.9 Å². The van der Waals surface area contributed by atoms with E-state index in [1.165, 1.54) is 14.0 Å². The number of quaternary nitrogens is 1. The maximum Gasteiger partial charge on any atom is 0.322 e. The standard InChI is InChI=1S/C24H28N2O5/c1-5-14-12-26(29)18-10-16(14)24(22(28)30-4)19(26)11-23(21(24)31-13(2)27)15-8-6-7-9-17(15)25(3)20(18)23/h5-9,16,18-21H,10-12H2,1-4H3/t16-,18-,19-,20-,21?,23+,24+,26?/m0/s1. The Labute approximate surface area is 181 Å². The first-order valence-electron chi connectivity index (χ1n) is 11.1. The van der Waals surface area contributed by atoms with Crippen LogP contribution in [0.4, 0.5) is 5.69 Å². The Morgan fingerprint density at radius 1 is 1.32 bits per heavy atom. The van der Waals surface area contributed by atoms with Crippen LogP contribution in [0.3, 0.4) is 0 Å². The summed E-state index contributed by atoms with van der Waals surface area (Å²) in [7, 11) is 3.42. The average molecular weight is 424 g/mol. The van der Waals surface area contributed by atoms with Crippen LogP contribution in [0.5, 0.6) is 0 Å². The minimum absolute atomic E-state index is 0.127. The van der Waals surface area contributed by atoms with Gasteiger partial charge < -0.3 is 24.2 Å². The first-order chi connectivity index (χ1) is 14.8. The number of ether oxygens (including phenoxy) is 2. The highest BCUT2D eigenvalue weighted by atomic mass is 16.6. The van der Waals surface area contributed by atoms with E-state index in [2.05, 4.69) is 17.0 Å². The van der Waals surface area contributed by atoms with Crippen LogP contribution in [0.2, 0.25) is 0 Å². The van der Waals surface area contributed by atoms with Crippen LogP contribution >= 0.6 is 0 Å². The number of benzene rings is 1. The van der Waals surface area contributed by atoms with Gasteiger partial charge in [0, 0.05) is 38.4 Å².